The number of anilines is 3. The summed E-state index contributed by atoms with van der Waals surface area (Å²) in [6.45, 7) is 0. The molecule has 0 saturated carbocycles. The Labute approximate surface area is 320 Å². The highest BCUT2D eigenvalue weighted by Crippen LogP contribution is 2.45. The van der Waals surface area contributed by atoms with E-state index >= 15 is 0 Å². The number of furan rings is 1. The minimum atomic E-state index is 0.888. The topological polar surface area (TPSA) is 25.2 Å². The van der Waals surface area contributed by atoms with E-state index in [-0.39, 0.29) is 0 Å². The Bertz CT molecular complexity index is 3710. The van der Waals surface area contributed by atoms with Crippen LogP contribution in [0.5, 0.6) is 0 Å². The van der Waals surface area contributed by atoms with E-state index in [1.54, 1.807) is 0 Å². The quantitative estimate of drug-likeness (QED) is 0.170. The molecule has 4 heteroatoms. The molecule has 4 nitrogen and oxygen atoms in total. The lowest BCUT2D eigenvalue weighted by molar-refractivity contribution is 0.669. The van der Waals surface area contributed by atoms with Crippen LogP contribution in [0.4, 0.5) is 17.1 Å². The lowest BCUT2D eigenvalue weighted by Gasteiger charge is -2.26. The third kappa shape index (κ3) is 3.97. The SMILES string of the molecule is c1ccc2cc(N(c3ccc(-c4cccc5c4n4c6ccccc6c6ccc7c8ccccc8n5c7c64)cc3)c3ccc4oc5ccccc5c4c3)ccc2c1. The molecule has 0 unspecified atom stereocenters. The molecular formula is C52H31N3O. The maximum absolute atomic E-state index is 6.24. The zero-order valence-corrected chi connectivity index (χ0v) is 30.1. The van der Waals surface area contributed by atoms with Gasteiger partial charge in [0.2, 0.25) is 0 Å². The first-order valence-corrected chi connectivity index (χ1v) is 19.2. The molecule has 0 aliphatic carbocycles. The van der Waals surface area contributed by atoms with Gasteiger partial charge in [0.1, 0.15) is 11.2 Å². The molecule has 13 aromatic rings. The average molecular weight is 714 g/mol. The van der Waals surface area contributed by atoms with Crippen molar-refractivity contribution in [3.63, 3.8) is 0 Å². The fourth-order valence-corrected chi connectivity index (χ4v) is 9.57. The lowest BCUT2D eigenvalue weighted by Crippen LogP contribution is -2.09. The Morgan fingerprint density at radius 2 is 0.929 bits per heavy atom. The first kappa shape index (κ1) is 29.8. The molecule has 9 aromatic carbocycles. The van der Waals surface area contributed by atoms with E-state index in [1.807, 2.05) is 12.1 Å². The van der Waals surface area contributed by atoms with E-state index in [4.69, 9.17) is 4.42 Å². The van der Waals surface area contributed by atoms with Crippen molar-refractivity contribution in [1.82, 2.24) is 8.80 Å². The number of para-hydroxylation sites is 4. The van der Waals surface area contributed by atoms with Gasteiger partial charge in [0.15, 0.2) is 0 Å². The van der Waals surface area contributed by atoms with Crippen LogP contribution in [-0.4, -0.2) is 8.80 Å². The Kier molecular flexibility index (Phi) is 5.86. The fourth-order valence-electron chi connectivity index (χ4n) is 9.57. The molecule has 0 saturated heterocycles. The summed E-state index contributed by atoms with van der Waals surface area (Å²) in [5.74, 6) is 0. The zero-order chi connectivity index (χ0) is 36.5. The molecule has 0 fully saturated rings. The Balaban J connectivity index is 1.05. The van der Waals surface area contributed by atoms with Crippen LogP contribution < -0.4 is 4.90 Å². The third-order valence-electron chi connectivity index (χ3n) is 12.0. The van der Waals surface area contributed by atoms with E-state index < -0.39 is 0 Å². The Hall–Kier alpha value is -7.56. The van der Waals surface area contributed by atoms with E-state index in [0.29, 0.717) is 0 Å². The van der Waals surface area contributed by atoms with Crippen LogP contribution in [0.15, 0.2) is 192 Å². The monoisotopic (exact) mass is 713 g/mol. The molecule has 4 heterocycles. The summed E-state index contributed by atoms with van der Waals surface area (Å²) in [4.78, 5) is 2.36. The number of benzene rings is 9. The molecule has 13 rings (SSSR count). The van der Waals surface area contributed by atoms with Crippen LogP contribution >= 0.6 is 0 Å². The first-order chi connectivity index (χ1) is 27.8. The summed E-state index contributed by atoms with van der Waals surface area (Å²) < 4.78 is 11.3. The summed E-state index contributed by atoms with van der Waals surface area (Å²) in [5.41, 5.74) is 14.8. The number of hydrogen-bond acceptors (Lipinski definition) is 2. The molecule has 0 amide bonds. The van der Waals surface area contributed by atoms with Crippen molar-refractivity contribution in [2.45, 2.75) is 0 Å². The largest absolute Gasteiger partial charge is 0.456 e. The lowest BCUT2D eigenvalue weighted by atomic mass is 10.0. The van der Waals surface area contributed by atoms with Crippen molar-refractivity contribution in [2.75, 3.05) is 4.90 Å². The molecule has 0 aliphatic rings. The van der Waals surface area contributed by atoms with E-state index in [1.165, 1.54) is 76.5 Å². The van der Waals surface area contributed by atoms with Gasteiger partial charge in [0, 0.05) is 54.9 Å². The second kappa shape index (κ2) is 11.0. The highest BCUT2D eigenvalue weighted by atomic mass is 16.3. The van der Waals surface area contributed by atoms with Crippen molar-refractivity contribution in [3.8, 4) is 11.1 Å². The van der Waals surface area contributed by atoms with Crippen molar-refractivity contribution in [3.05, 3.63) is 188 Å². The van der Waals surface area contributed by atoms with E-state index in [9.17, 15) is 0 Å². The fraction of sp³-hybridized carbons (Fsp3) is 0. The van der Waals surface area contributed by atoms with Crippen molar-refractivity contribution in [2.24, 2.45) is 0 Å². The van der Waals surface area contributed by atoms with E-state index in [0.717, 1.165) is 39.0 Å². The zero-order valence-electron chi connectivity index (χ0n) is 30.1. The summed E-state index contributed by atoms with van der Waals surface area (Å²) in [6, 6.07) is 68.3. The van der Waals surface area contributed by atoms with Gasteiger partial charge in [-0.15, -0.1) is 0 Å². The molecule has 0 aliphatic heterocycles. The van der Waals surface area contributed by atoms with Crippen LogP contribution in [0.3, 0.4) is 0 Å². The van der Waals surface area contributed by atoms with Crippen LogP contribution in [0, 0.1) is 0 Å². The van der Waals surface area contributed by atoms with Crippen LogP contribution in [0.1, 0.15) is 0 Å². The Morgan fingerprint density at radius 3 is 1.73 bits per heavy atom. The summed E-state index contributed by atoms with van der Waals surface area (Å²) in [5, 5.41) is 9.76. The highest BCUT2D eigenvalue weighted by molar-refractivity contribution is 6.26. The van der Waals surface area contributed by atoms with Crippen molar-refractivity contribution < 1.29 is 4.42 Å². The van der Waals surface area contributed by atoms with Gasteiger partial charge in [-0.2, -0.15) is 0 Å². The van der Waals surface area contributed by atoms with Gasteiger partial charge in [-0.05, 0) is 83.1 Å². The Morgan fingerprint density at radius 1 is 0.339 bits per heavy atom. The molecule has 4 aromatic heterocycles. The van der Waals surface area contributed by atoms with Gasteiger partial charge in [-0.25, -0.2) is 0 Å². The van der Waals surface area contributed by atoms with Gasteiger partial charge >= 0.3 is 0 Å². The highest BCUT2D eigenvalue weighted by Gasteiger charge is 2.23. The number of aromatic nitrogens is 2. The molecule has 0 radical (unpaired) electrons. The van der Waals surface area contributed by atoms with Gasteiger partial charge in [0.05, 0.1) is 33.1 Å². The third-order valence-corrected chi connectivity index (χ3v) is 12.0. The van der Waals surface area contributed by atoms with Gasteiger partial charge in [0.25, 0.3) is 0 Å². The molecule has 0 atom stereocenters. The minimum Gasteiger partial charge on any atom is -0.456 e. The van der Waals surface area contributed by atoms with Crippen LogP contribution in [0.2, 0.25) is 0 Å². The average Bonchev–Trinajstić information content (AvgIpc) is 3.92. The normalized spacial score (nSPS) is 12.3. The van der Waals surface area contributed by atoms with E-state index in [2.05, 4.69) is 190 Å². The first-order valence-electron chi connectivity index (χ1n) is 19.2. The van der Waals surface area contributed by atoms with Gasteiger partial charge in [-0.1, -0.05) is 121 Å². The number of fused-ring (bicyclic) bond motifs is 13. The van der Waals surface area contributed by atoms with Crippen molar-refractivity contribution >= 4 is 104 Å². The summed E-state index contributed by atoms with van der Waals surface area (Å²) in [7, 11) is 0. The number of nitrogens with zero attached hydrogens (tertiary/aromatic N) is 3. The molecule has 260 valence electrons. The predicted octanol–water partition coefficient (Wildman–Crippen LogP) is 14.4. The maximum Gasteiger partial charge on any atom is 0.135 e. The van der Waals surface area contributed by atoms with Crippen molar-refractivity contribution in [1.29, 1.82) is 0 Å². The van der Waals surface area contributed by atoms with Crippen LogP contribution in [-0.2, 0) is 0 Å². The molecule has 0 N–H and O–H groups in total. The summed E-state index contributed by atoms with van der Waals surface area (Å²) in [6.07, 6.45) is 0. The molecule has 0 spiro atoms. The second-order valence-electron chi connectivity index (χ2n) is 14.9. The standard InChI is InChI=1S/C52H31N3O/c1-2-11-34-30-36(25-20-32(34)10-1)53(37-26-29-49-44(31-37)41-14-5-8-19-48(41)56-49)35-23-21-33(22-24-35)38-15-9-18-47-50(38)55-46-17-7-4-13-40(46)43-28-27-42-39-12-3-6-16-45(39)54(47)51(42)52(43)55/h1-31H. The smallest absolute Gasteiger partial charge is 0.135 e. The molecule has 56 heavy (non-hydrogen) atoms. The predicted molar refractivity (Wildman–Crippen MR) is 234 cm³/mol. The second-order valence-corrected chi connectivity index (χ2v) is 14.9. The summed E-state index contributed by atoms with van der Waals surface area (Å²) >= 11 is 0. The van der Waals surface area contributed by atoms with Gasteiger partial charge < -0.3 is 18.1 Å². The minimum absolute atomic E-state index is 0.888. The number of rotatable bonds is 4. The van der Waals surface area contributed by atoms with Gasteiger partial charge in [-0.3, -0.25) is 0 Å². The molecular weight excluding hydrogens is 683 g/mol. The maximum atomic E-state index is 6.24. The van der Waals surface area contributed by atoms with Crippen LogP contribution in [0.25, 0.3) is 98.5 Å². The number of hydrogen-bond donors (Lipinski definition) is 0. The molecule has 0 bridgehead atoms.